The smallest absolute Gasteiger partial charge is 0.311 e. The number of benzene rings is 1. The number of aliphatic carboxylic acids is 1. The summed E-state index contributed by atoms with van der Waals surface area (Å²) in [7, 11) is 0. The van der Waals surface area contributed by atoms with E-state index in [0.29, 0.717) is 18.7 Å². The zero-order valence-electron chi connectivity index (χ0n) is 13.5. The molecule has 1 aromatic heterocycles. The van der Waals surface area contributed by atoms with Crippen LogP contribution in [0.15, 0.2) is 34.8 Å². The standard InChI is InChI=1S/C17H18BrN3O3/c1-11-9-14(19-21(11)13-5-3-12(18)4-6-13)15(22)20-8-7-17(2,10-20)16(23)24/h3-6,9H,7-8,10H2,1-2H3,(H,23,24). The number of likely N-dealkylation sites (tertiary alicyclic amines) is 1. The van der Waals surface area contributed by atoms with E-state index in [0.717, 1.165) is 15.9 Å². The van der Waals surface area contributed by atoms with Gasteiger partial charge in [0.25, 0.3) is 5.91 Å². The summed E-state index contributed by atoms with van der Waals surface area (Å²) in [5, 5.41) is 13.7. The Hall–Kier alpha value is -2.15. The molecule has 1 saturated heterocycles. The van der Waals surface area contributed by atoms with Gasteiger partial charge < -0.3 is 10.0 Å². The first kappa shape index (κ1) is 16.7. The van der Waals surface area contributed by atoms with Gasteiger partial charge in [0.15, 0.2) is 5.69 Å². The molecule has 0 radical (unpaired) electrons. The summed E-state index contributed by atoms with van der Waals surface area (Å²) in [6.07, 6.45) is 0.459. The molecule has 2 heterocycles. The van der Waals surface area contributed by atoms with E-state index in [9.17, 15) is 14.7 Å². The Balaban J connectivity index is 1.84. The maximum absolute atomic E-state index is 12.7. The first-order chi connectivity index (χ1) is 11.3. The Morgan fingerprint density at radius 2 is 1.96 bits per heavy atom. The predicted octanol–water partition coefficient (Wildman–Crippen LogP) is 2.88. The molecule has 1 aromatic carbocycles. The minimum Gasteiger partial charge on any atom is -0.481 e. The molecule has 1 aliphatic rings. The van der Waals surface area contributed by atoms with Crippen LogP contribution in [-0.2, 0) is 4.79 Å². The molecule has 1 unspecified atom stereocenters. The molecule has 7 heteroatoms. The van der Waals surface area contributed by atoms with Crippen LogP contribution in [0.1, 0.15) is 29.5 Å². The largest absolute Gasteiger partial charge is 0.481 e. The second kappa shape index (κ2) is 6.05. The van der Waals surface area contributed by atoms with Crippen LogP contribution >= 0.6 is 15.9 Å². The van der Waals surface area contributed by atoms with Crippen molar-refractivity contribution in [3.63, 3.8) is 0 Å². The Morgan fingerprint density at radius 1 is 1.29 bits per heavy atom. The van der Waals surface area contributed by atoms with Crippen LogP contribution in [-0.4, -0.2) is 44.8 Å². The summed E-state index contributed by atoms with van der Waals surface area (Å²) in [4.78, 5) is 25.6. The van der Waals surface area contributed by atoms with Crippen molar-refractivity contribution in [2.24, 2.45) is 5.41 Å². The molecule has 0 saturated carbocycles. The van der Waals surface area contributed by atoms with E-state index in [1.54, 1.807) is 22.6 Å². The first-order valence-corrected chi connectivity index (χ1v) is 8.45. The van der Waals surface area contributed by atoms with E-state index in [-0.39, 0.29) is 12.5 Å². The summed E-state index contributed by atoms with van der Waals surface area (Å²) in [5.41, 5.74) is 1.18. The molecule has 1 fully saturated rings. The maximum Gasteiger partial charge on any atom is 0.311 e. The van der Waals surface area contributed by atoms with Gasteiger partial charge in [-0.3, -0.25) is 9.59 Å². The van der Waals surface area contributed by atoms with Crippen LogP contribution in [0.4, 0.5) is 0 Å². The SMILES string of the molecule is Cc1cc(C(=O)N2CCC(C)(C(=O)O)C2)nn1-c1ccc(Br)cc1. The van der Waals surface area contributed by atoms with Crippen LogP contribution in [0.5, 0.6) is 0 Å². The van der Waals surface area contributed by atoms with E-state index in [4.69, 9.17) is 0 Å². The highest BCUT2D eigenvalue weighted by Crippen LogP contribution is 2.31. The van der Waals surface area contributed by atoms with Gasteiger partial charge in [-0.2, -0.15) is 5.10 Å². The van der Waals surface area contributed by atoms with Gasteiger partial charge in [-0.1, -0.05) is 15.9 Å². The first-order valence-electron chi connectivity index (χ1n) is 7.65. The average Bonchev–Trinajstić information content (AvgIpc) is 3.12. The fourth-order valence-electron chi connectivity index (χ4n) is 2.89. The highest BCUT2D eigenvalue weighted by Gasteiger charge is 2.42. The summed E-state index contributed by atoms with van der Waals surface area (Å²) in [6.45, 7) is 4.21. The molecule has 1 aliphatic heterocycles. The quantitative estimate of drug-likeness (QED) is 0.872. The maximum atomic E-state index is 12.7. The van der Waals surface area contributed by atoms with Crippen LogP contribution in [0.2, 0.25) is 0 Å². The predicted molar refractivity (Wildman–Crippen MR) is 92.3 cm³/mol. The lowest BCUT2D eigenvalue weighted by molar-refractivity contribution is -0.147. The van der Waals surface area contributed by atoms with Crippen molar-refractivity contribution in [2.75, 3.05) is 13.1 Å². The number of carboxylic acid groups (broad SMARTS) is 1. The molecular weight excluding hydrogens is 374 g/mol. The van der Waals surface area contributed by atoms with Crippen LogP contribution < -0.4 is 0 Å². The molecular formula is C17H18BrN3O3. The number of nitrogens with zero attached hydrogens (tertiary/aromatic N) is 3. The van der Waals surface area contributed by atoms with E-state index >= 15 is 0 Å². The van der Waals surface area contributed by atoms with E-state index < -0.39 is 11.4 Å². The zero-order valence-corrected chi connectivity index (χ0v) is 15.1. The fourth-order valence-corrected chi connectivity index (χ4v) is 3.16. The van der Waals surface area contributed by atoms with Crippen molar-refractivity contribution >= 4 is 27.8 Å². The third-order valence-electron chi connectivity index (χ3n) is 4.45. The summed E-state index contributed by atoms with van der Waals surface area (Å²) < 4.78 is 2.68. The van der Waals surface area contributed by atoms with E-state index in [1.807, 2.05) is 31.2 Å². The fraction of sp³-hybridized carbons (Fsp3) is 0.353. The summed E-state index contributed by atoms with van der Waals surface area (Å²) in [5.74, 6) is -1.09. The lowest BCUT2D eigenvalue weighted by Crippen LogP contribution is -2.35. The van der Waals surface area contributed by atoms with Gasteiger partial charge in [0.05, 0.1) is 11.1 Å². The molecule has 3 rings (SSSR count). The third kappa shape index (κ3) is 2.96. The van der Waals surface area contributed by atoms with E-state index in [1.165, 1.54) is 0 Å². The molecule has 0 bridgehead atoms. The van der Waals surface area contributed by atoms with Crippen LogP contribution in [0, 0.1) is 12.3 Å². The van der Waals surface area contributed by atoms with Crippen molar-refractivity contribution in [2.45, 2.75) is 20.3 Å². The van der Waals surface area contributed by atoms with E-state index in [2.05, 4.69) is 21.0 Å². The van der Waals surface area contributed by atoms with Crippen LogP contribution in [0.25, 0.3) is 5.69 Å². The Bertz CT molecular complexity index is 800. The number of rotatable bonds is 3. The van der Waals surface area contributed by atoms with Gasteiger partial charge >= 0.3 is 5.97 Å². The minimum absolute atomic E-state index is 0.214. The minimum atomic E-state index is -0.876. The number of aryl methyl sites for hydroxylation is 1. The van der Waals surface area contributed by atoms with Crippen molar-refractivity contribution in [3.05, 3.63) is 46.2 Å². The summed E-state index contributed by atoms with van der Waals surface area (Å²) >= 11 is 3.39. The van der Waals surface area contributed by atoms with Gasteiger partial charge in [-0.15, -0.1) is 0 Å². The average molecular weight is 392 g/mol. The topological polar surface area (TPSA) is 75.4 Å². The second-order valence-corrected chi connectivity index (χ2v) is 7.32. The van der Waals surface area contributed by atoms with Gasteiger partial charge in [0.1, 0.15) is 0 Å². The number of hydrogen-bond acceptors (Lipinski definition) is 3. The Morgan fingerprint density at radius 3 is 2.54 bits per heavy atom. The van der Waals surface area contributed by atoms with Crippen molar-refractivity contribution in [3.8, 4) is 5.69 Å². The van der Waals surface area contributed by atoms with Gasteiger partial charge in [0, 0.05) is 23.3 Å². The highest BCUT2D eigenvalue weighted by atomic mass is 79.9. The molecule has 1 atom stereocenters. The third-order valence-corrected chi connectivity index (χ3v) is 4.98. The van der Waals surface area contributed by atoms with Crippen molar-refractivity contribution in [1.82, 2.24) is 14.7 Å². The normalized spacial score (nSPS) is 20.4. The molecule has 1 amide bonds. The lowest BCUT2D eigenvalue weighted by Gasteiger charge is -2.19. The van der Waals surface area contributed by atoms with Gasteiger partial charge in [0.2, 0.25) is 0 Å². The number of carboxylic acids is 1. The molecule has 24 heavy (non-hydrogen) atoms. The number of halogens is 1. The highest BCUT2D eigenvalue weighted by molar-refractivity contribution is 9.10. The number of hydrogen-bond donors (Lipinski definition) is 1. The van der Waals surface area contributed by atoms with Gasteiger partial charge in [-0.25, -0.2) is 4.68 Å². The number of carbonyl (C=O) groups excluding carboxylic acids is 1. The number of aromatic nitrogens is 2. The molecule has 0 spiro atoms. The zero-order chi connectivity index (χ0) is 17.5. The molecule has 126 valence electrons. The van der Waals surface area contributed by atoms with Gasteiger partial charge in [-0.05, 0) is 50.6 Å². The Labute approximate surface area is 148 Å². The monoisotopic (exact) mass is 391 g/mol. The second-order valence-electron chi connectivity index (χ2n) is 6.40. The molecule has 2 aromatic rings. The molecule has 0 aliphatic carbocycles. The number of amides is 1. The number of carbonyl (C=O) groups is 2. The molecule has 6 nitrogen and oxygen atoms in total. The molecule has 1 N–H and O–H groups in total. The van der Waals surface area contributed by atoms with Crippen molar-refractivity contribution in [1.29, 1.82) is 0 Å². The Kier molecular flexibility index (Phi) is 4.21. The lowest BCUT2D eigenvalue weighted by atomic mass is 9.90. The van der Waals surface area contributed by atoms with Crippen molar-refractivity contribution < 1.29 is 14.7 Å². The van der Waals surface area contributed by atoms with Crippen LogP contribution in [0.3, 0.4) is 0 Å². The summed E-state index contributed by atoms with van der Waals surface area (Å²) in [6, 6.07) is 9.39.